The van der Waals surface area contributed by atoms with Crippen molar-refractivity contribution >= 4 is 10.9 Å². The highest BCUT2D eigenvalue weighted by atomic mass is 16.5. The van der Waals surface area contributed by atoms with E-state index >= 15 is 0 Å². The number of ether oxygens (including phenoxy) is 1. The van der Waals surface area contributed by atoms with Gasteiger partial charge in [0.25, 0.3) is 0 Å². The number of benzene rings is 1. The molecule has 0 saturated carbocycles. The molecule has 4 heteroatoms. The monoisotopic (exact) mass is 176 g/mol. The van der Waals surface area contributed by atoms with Gasteiger partial charge in [-0.15, -0.1) is 0 Å². The number of phenolic OH excluding ortho intramolecular Hbond substituents is 1. The predicted octanol–water partition coefficient (Wildman–Crippen LogP) is 1.34. The minimum Gasteiger partial charge on any atom is -0.508 e. The van der Waals surface area contributed by atoms with Crippen LogP contribution in [0.3, 0.4) is 0 Å². The van der Waals surface area contributed by atoms with Crippen LogP contribution in [0, 0.1) is 0 Å². The molecule has 13 heavy (non-hydrogen) atoms. The number of hydrogen-bond acceptors (Lipinski definition) is 4. The van der Waals surface area contributed by atoms with Crippen molar-refractivity contribution < 1.29 is 9.84 Å². The minimum atomic E-state index is 0.181. The number of nitrogens with zero attached hydrogens (tertiary/aromatic N) is 2. The fraction of sp³-hybridized carbons (Fsp3) is 0.111. The van der Waals surface area contributed by atoms with E-state index in [0.717, 1.165) is 5.52 Å². The average Bonchev–Trinajstić information content (AvgIpc) is 2.17. The van der Waals surface area contributed by atoms with Gasteiger partial charge in [-0.2, -0.15) is 0 Å². The molecule has 0 aliphatic heterocycles. The van der Waals surface area contributed by atoms with Crippen molar-refractivity contribution in [3.8, 4) is 11.6 Å². The van der Waals surface area contributed by atoms with Crippen LogP contribution >= 0.6 is 0 Å². The third-order valence-electron chi connectivity index (χ3n) is 1.78. The molecular weight excluding hydrogens is 168 g/mol. The summed E-state index contributed by atoms with van der Waals surface area (Å²) in [7, 11) is 1.53. The Morgan fingerprint density at radius 3 is 2.92 bits per heavy atom. The second-order valence-corrected chi connectivity index (χ2v) is 2.58. The number of hydrogen-bond donors (Lipinski definition) is 1. The van der Waals surface area contributed by atoms with Crippen molar-refractivity contribution in [3.63, 3.8) is 0 Å². The van der Waals surface area contributed by atoms with Crippen LogP contribution in [-0.2, 0) is 0 Å². The molecule has 1 aromatic heterocycles. The zero-order valence-electron chi connectivity index (χ0n) is 7.06. The molecule has 0 unspecified atom stereocenters. The predicted molar refractivity (Wildman–Crippen MR) is 47.8 cm³/mol. The summed E-state index contributed by atoms with van der Waals surface area (Å²) in [4.78, 5) is 7.95. The van der Waals surface area contributed by atoms with Gasteiger partial charge in [-0.1, -0.05) is 0 Å². The summed E-state index contributed by atoms with van der Waals surface area (Å²) in [6, 6.07) is 4.87. The lowest BCUT2D eigenvalue weighted by Gasteiger charge is -2.02. The third kappa shape index (κ3) is 1.26. The molecule has 66 valence electrons. The van der Waals surface area contributed by atoms with E-state index in [2.05, 4.69) is 9.97 Å². The smallest absolute Gasteiger partial charge is 0.224 e. The van der Waals surface area contributed by atoms with Crippen LogP contribution in [0.1, 0.15) is 0 Å². The molecule has 0 saturated heterocycles. The van der Waals surface area contributed by atoms with E-state index in [-0.39, 0.29) is 5.75 Å². The average molecular weight is 176 g/mol. The molecule has 0 bridgehead atoms. The van der Waals surface area contributed by atoms with Gasteiger partial charge in [-0.05, 0) is 18.2 Å². The van der Waals surface area contributed by atoms with Gasteiger partial charge in [0.15, 0.2) is 0 Å². The molecule has 2 aromatic rings. The summed E-state index contributed by atoms with van der Waals surface area (Å²) in [6.45, 7) is 0. The number of methoxy groups -OCH3 is 1. The second kappa shape index (κ2) is 2.90. The molecule has 0 atom stereocenters. The van der Waals surface area contributed by atoms with Gasteiger partial charge in [-0.3, -0.25) is 0 Å². The zero-order chi connectivity index (χ0) is 9.26. The summed E-state index contributed by atoms with van der Waals surface area (Å²) < 4.78 is 5.02. The van der Waals surface area contributed by atoms with E-state index in [1.54, 1.807) is 18.2 Å². The molecule has 1 heterocycles. The maximum absolute atomic E-state index is 9.24. The number of rotatable bonds is 1. The Bertz CT molecular complexity index is 443. The Balaban J connectivity index is 2.79. The Hall–Kier alpha value is -1.84. The third-order valence-corrected chi connectivity index (χ3v) is 1.78. The highest BCUT2D eigenvalue weighted by Gasteiger charge is 2.03. The molecule has 0 fully saturated rings. The standard InChI is InChI=1S/C9H8N2O2/c1-13-9-7-4-6(12)2-3-8(7)10-5-11-9/h2-5,12H,1H3. The largest absolute Gasteiger partial charge is 0.508 e. The van der Waals surface area contributed by atoms with Crippen molar-refractivity contribution in [1.82, 2.24) is 9.97 Å². The lowest BCUT2D eigenvalue weighted by molar-refractivity contribution is 0.402. The van der Waals surface area contributed by atoms with E-state index in [1.807, 2.05) is 0 Å². The Morgan fingerprint density at radius 2 is 2.15 bits per heavy atom. The van der Waals surface area contributed by atoms with Gasteiger partial charge in [0.2, 0.25) is 5.88 Å². The van der Waals surface area contributed by atoms with Crippen molar-refractivity contribution in [1.29, 1.82) is 0 Å². The first kappa shape index (κ1) is 7.79. The molecule has 0 aliphatic carbocycles. The van der Waals surface area contributed by atoms with E-state index < -0.39 is 0 Å². The van der Waals surface area contributed by atoms with Gasteiger partial charge in [0.05, 0.1) is 18.0 Å². The van der Waals surface area contributed by atoms with Crippen molar-refractivity contribution in [3.05, 3.63) is 24.5 Å². The van der Waals surface area contributed by atoms with E-state index in [4.69, 9.17) is 4.74 Å². The van der Waals surface area contributed by atoms with Crippen LogP contribution in [0.4, 0.5) is 0 Å². The SMILES string of the molecule is COc1ncnc2ccc(O)cc12. The fourth-order valence-corrected chi connectivity index (χ4v) is 1.18. The maximum atomic E-state index is 9.24. The lowest BCUT2D eigenvalue weighted by Crippen LogP contribution is -1.90. The molecule has 0 aliphatic rings. The van der Waals surface area contributed by atoms with Crippen LogP contribution in [0.2, 0.25) is 0 Å². The summed E-state index contributed by atoms with van der Waals surface area (Å²) in [5.74, 6) is 0.654. The summed E-state index contributed by atoms with van der Waals surface area (Å²) >= 11 is 0. The quantitative estimate of drug-likeness (QED) is 0.712. The highest BCUT2D eigenvalue weighted by molar-refractivity contribution is 5.84. The maximum Gasteiger partial charge on any atom is 0.224 e. The zero-order valence-corrected chi connectivity index (χ0v) is 7.06. The van der Waals surface area contributed by atoms with E-state index in [0.29, 0.717) is 11.3 Å². The van der Waals surface area contributed by atoms with E-state index in [9.17, 15) is 5.11 Å². The second-order valence-electron chi connectivity index (χ2n) is 2.58. The topological polar surface area (TPSA) is 55.2 Å². The summed E-state index contributed by atoms with van der Waals surface area (Å²) in [5.41, 5.74) is 0.754. The molecule has 1 N–H and O–H groups in total. The van der Waals surface area contributed by atoms with Crippen LogP contribution in [0.15, 0.2) is 24.5 Å². The van der Waals surface area contributed by atoms with Gasteiger partial charge in [-0.25, -0.2) is 9.97 Å². The highest BCUT2D eigenvalue weighted by Crippen LogP contribution is 2.24. The first-order chi connectivity index (χ1) is 6.31. The van der Waals surface area contributed by atoms with Crippen molar-refractivity contribution in [2.24, 2.45) is 0 Å². The van der Waals surface area contributed by atoms with Crippen molar-refractivity contribution in [2.45, 2.75) is 0 Å². The Kier molecular flexibility index (Phi) is 1.73. The van der Waals surface area contributed by atoms with Crippen LogP contribution in [0.5, 0.6) is 11.6 Å². The number of phenols is 1. The number of aromatic hydroxyl groups is 1. The molecule has 1 aromatic carbocycles. The number of fused-ring (bicyclic) bond motifs is 1. The van der Waals surface area contributed by atoms with Crippen LogP contribution in [0.25, 0.3) is 10.9 Å². The van der Waals surface area contributed by atoms with Crippen LogP contribution in [-0.4, -0.2) is 22.2 Å². The lowest BCUT2D eigenvalue weighted by atomic mass is 10.2. The van der Waals surface area contributed by atoms with Gasteiger partial charge >= 0.3 is 0 Å². The Morgan fingerprint density at radius 1 is 1.31 bits per heavy atom. The molecule has 0 amide bonds. The minimum absolute atomic E-state index is 0.181. The van der Waals surface area contributed by atoms with E-state index in [1.165, 1.54) is 13.4 Å². The molecule has 0 spiro atoms. The number of aromatic nitrogens is 2. The fourth-order valence-electron chi connectivity index (χ4n) is 1.18. The van der Waals surface area contributed by atoms with Gasteiger partial charge in [0.1, 0.15) is 12.1 Å². The molecular formula is C9H8N2O2. The normalized spacial score (nSPS) is 10.2. The van der Waals surface area contributed by atoms with Gasteiger partial charge in [0, 0.05) is 0 Å². The first-order valence-corrected chi connectivity index (χ1v) is 3.79. The summed E-state index contributed by atoms with van der Waals surface area (Å²) in [6.07, 6.45) is 1.43. The van der Waals surface area contributed by atoms with Crippen molar-refractivity contribution in [2.75, 3.05) is 7.11 Å². The summed E-state index contributed by atoms with van der Waals surface area (Å²) in [5, 5.41) is 9.95. The first-order valence-electron chi connectivity index (χ1n) is 3.79. The van der Waals surface area contributed by atoms with Gasteiger partial charge < -0.3 is 9.84 Å². The molecule has 2 rings (SSSR count). The molecule has 0 radical (unpaired) electrons. The molecule has 4 nitrogen and oxygen atoms in total. The van der Waals surface area contributed by atoms with Crippen LogP contribution < -0.4 is 4.74 Å². The Labute approximate surface area is 74.8 Å².